The summed E-state index contributed by atoms with van der Waals surface area (Å²) < 4.78 is 32.6. The normalized spacial score (nSPS) is 18.6. The van der Waals surface area contributed by atoms with E-state index in [1.54, 1.807) is 26.0 Å². The predicted molar refractivity (Wildman–Crippen MR) is 80.5 cm³/mol. The highest BCUT2D eigenvalue weighted by Gasteiger charge is 2.32. The molecule has 1 saturated heterocycles. The first-order chi connectivity index (χ1) is 9.75. The zero-order valence-corrected chi connectivity index (χ0v) is 13.2. The molecule has 0 amide bonds. The molecule has 1 aromatic rings. The van der Waals surface area contributed by atoms with Crippen LogP contribution in [0.25, 0.3) is 0 Å². The fourth-order valence-corrected chi connectivity index (χ4v) is 3.94. The Morgan fingerprint density at radius 3 is 2.48 bits per heavy atom. The van der Waals surface area contributed by atoms with Crippen molar-refractivity contribution in [2.75, 3.05) is 25.5 Å². The van der Waals surface area contributed by atoms with Crippen LogP contribution in [0, 0.1) is 13.8 Å². The zero-order valence-electron chi connectivity index (χ0n) is 12.3. The fraction of sp³-hybridized carbons (Fsp3) is 0.571. The van der Waals surface area contributed by atoms with Crippen LogP contribution in [0.15, 0.2) is 17.0 Å². The monoisotopic (exact) mass is 314 g/mol. The Hall–Kier alpha value is -1.15. The SMILES string of the molecule is Cc1ccc(C)c(S(=O)(=O)NCC2(O)CCOCC2)c1N. The minimum Gasteiger partial charge on any atom is -0.397 e. The third kappa shape index (κ3) is 3.55. The summed E-state index contributed by atoms with van der Waals surface area (Å²) in [4.78, 5) is 0.0955. The molecular weight excluding hydrogens is 292 g/mol. The third-order valence-corrected chi connectivity index (χ3v) is 5.50. The lowest BCUT2D eigenvalue weighted by Crippen LogP contribution is -2.46. The summed E-state index contributed by atoms with van der Waals surface area (Å²) in [6, 6.07) is 3.51. The lowest BCUT2D eigenvalue weighted by atomic mass is 9.95. The number of benzene rings is 1. The maximum Gasteiger partial charge on any atom is 0.242 e. The van der Waals surface area contributed by atoms with Gasteiger partial charge in [-0.15, -0.1) is 0 Å². The van der Waals surface area contributed by atoms with E-state index in [-0.39, 0.29) is 17.1 Å². The first-order valence-electron chi connectivity index (χ1n) is 6.91. The van der Waals surface area contributed by atoms with Gasteiger partial charge in [0.15, 0.2) is 0 Å². The van der Waals surface area contributed by atoms with Crippen molar-refractivity contribution in [2.45, 2.75) is 37.2 Å². The van der Waals surface area contributed by atoms with Crippen LogP contribution in [-0.4, -0.2) is 38.9 Å². The van der Waals surface area contributed by atoms with Gasteiger partial charge in [-0.2, -0.15) is 0 Å². The summed E-state index contributed by atoms with van der Waals surface area (Å²) in [6.45, 7) is 4.30. The molecule has 1 aliphatic rings. The second kappa shape index (κ2) is 5.92. The van der Waals surface area contributed by atoms with Gasteiger partial charge in [-0.05, 0) is 25.0 Å². The Morgan fingerprint density at radius 1 is 1.29 bits per heavy atom. The molecule has 1 aromatic carbocycles. The molecule has 0 unspecified atom stereocenters. The molecule has 6 nitrogen and oxygen atoms in total. The minimum atomic E-state index is -3.76. The molecule has 1 fully saturated rings. The van der Waals surface area contributed by atoms with Gasteiger partial charge in [-0.25, -0.2) is 13.1 Å². The number of rotatable bonds is 4. The summed E-state index contributed by atoms with van der Waals surface area (Å²) in [7, 11) is -3.76. The van der Waals surface area contributed by atoms with Crippen LogP contribution in [0.5, 0.6) is 0 Å². The van der Waals surface area contributed by atoms with Crippen LogP contribution in [-0.2, 0) is 14.8 Å². The Labute approximate surface area is 125 Å². The van der Waals surface area contributed by atoms with Gasteiger partial charge < -0.3 is 15.6 Å². The van der Waals surface area contributed by atoms with E-state index in [9.17, 15) is 13.5 Å². The lowest BCUT2D eigenvalue weighted by molar-refractivity contribution is -0.0588. The average molecular weight is 314 g/mol. The number of ether oxygens (including phenoxy) is 1. The van der Waals surface area contributed by atoms with Crippen molar-refractivity contribution in [2.24, 2.45) is 0 Å². The van der Waals surface area contributed by atoms with Crippen molar-refractivity contribution in [1.82, 2.24) is 4.72 Å². The molecule has 7 heteroatoms. The van der Waals surface area contributed by atoms with Gasteiger partial charge in [0.1, 0.15) is 4.90 Å². The number of sulfonamides is 1. The predicted octanol–water partition coefficient (Wildman–Crippen LogP) is 0.705. The van der Waals surface area contributed by atoms with Gasteiger partial charge in [-0.3, -0.25) is 0 Å². The molecule has 21 heavy (non-hydrogen) atoms. The fourth-order valence-electron chi connectivity index (χ4n) is 2.39. The first-order valence-corrected chi connectivity index (χ1v) is 8.39. The van der Waals surface area contributed by atoms with Crippen molar-refractivity contribution in [1.29, 1.82) is 0 Å². The van der Waals surface area contributed by atoms with Crippen LogP contribution in [0.4, 0.5) is 5.69 Å². The maximum atomic E-state index is 12.5. The van der Waals surface area contributed by atoms with Crippen LogP contribution in [0.1, 0.15) is 24.0 Å². The number of hydrogen-bond acceptors (Lipinski definition) is 5. The molecule has 4 N–H and O–H groups in total. The van der Waals surface area contributed by atoms with E-state index in [0.29, 0.717) is 37.2 Å². The summed E-state index contributed by atoms with van der Waals surface area (Å²) in [5, 5.41) is 10.3. The van der Waals surface area contributed by atoms with Crippen molar-refractivity contribution >= 4 is 15.7 Å². The second-order valence-corrected chi connectivity index (χ2v) is 7.31. The summed E-state index contributed by atoms with van der Waals surface area (Å²) in [5.41, 5.74) is 6.40. The van der Waals surface area contributed by atoms with Gasteiger partial charge in [0, 0.05) is 32.6 Å². The maximum absolute atomic E-state index is 12.5. The van der Waals surface area contributed by atoms with E-state index in [0.717, 1.165) is 0 Å². The van der Waals surface area contributed by atoms with Gasteiger partial charge in [-0.1, -0.05) is 12.1 Å². The van der Waals surface area contributed by atoms with Crippen molar-refractivity contribution in [3.8, 4) is 0 Å². The van der Waals surface area contributed by atoms with Crippen LogP contribution >= 0.6 is 0 Å². The summed E-state index contributed by atoms with van der Waals surface area (Å²) >= 11 is 0. The molecule has 1 heterocycles. The van der Waals surface area contributed by atoms with Crippen molar-refractivity contribution in [3.05, 3.63) is 23.3 Å². The summed E-state index contributed by atoms with van der Waals surface area (Å²) in [6.07, 6.45) is 0.829. The van der Waals surface area contributed by atoms with E-state index >= 15 is 0 Å². The number of nitrogen functional groups attached to an aromatic ring is 1. The average Bonchev–Trinajstić information content (AvgIpc) is 2.42. The third-order valence-electron chi connectivity index (χ3n) is 3.89. The molecule has 0 atom stereocenters. The Morgan fingerprint density at radius 2 is 1.86 bits per heavy atom. The zero-order chi connectivity index (χ0) is 15.7. The molecular formula is C14H22N2O4S. The molecule has 2 rings (SSSR count). The Bertz CT molecular complexity index is 622. The van der Waals surface area contributed by atoms with Gasteiger partial charge >= 0.3 is 0 Å². The van der Waals surface area contributed by atoms with Gasteiger partial charge in [0.2, 0.25) is 10.0 Å². The molecule has 118 valence electrons. The molecule has 0 bridgehead atoms. The minimum absolute atomic E-state index is 0.0362. The van der Waals surface area contributed by atoms with E-state index in [2.05, 4.69) is 4.72 Å². The molecule has 0 aromatic heterocycles. The molecule has 1 aliphatic heterocycles. The van der Waals surface area contributed by atoms with Crippen molar-refractivity contribution in [3.63, 3.8) is 0 Å². The standard InChI is InChI=1S/C14H22N2O4S/c1-10-3-4-11(2)13(12(10)15)21(18,19)16-9-14(17)5-7-20-8-6-14/h3-4,16-17H,5-9,15H2,1-2H3. The van der Waals surface area contributed by atoms with E-state index in [1.165, 1.54) is 0 Å². The molecule has 0 saturated carbocycles. The molecule has 0 spiro atoms. The van der Waals surface area contributed by atoms with E-state index < -0.39 is 15.6 Å². The Kier molecular flexibility index (Phi) is 4.57. The largest absolute Gasteiger partial charge is 0.397 e. The summed E-state index contributed by atoms with van der Waals surface area (Å²) in [5.74, 6) is 0. The number of aryl methyl sites for hydroxylation is 2. The highest BCUT2D eigenvalue weighted by atomic mass is 32.2. The number of hydrogen-bond donors (Lipinski definition) is 3. The highest BCUT2D eigenvalue weighted by molar-refractivity contribution is 7.89. The molecule has 0 aliphatic carbocycles. The van der Waals surface area contributed by atoms with Crippen molar-refractivity contribution < 1.29 is 18.3 Å². The number of aliphatic hydroxyl groups is 1. The quantitative estimate of drug-likeness (QED) is 0.710. The smallest absolute Gasteiger partial charge is 0.242 e. The van der Waals surface area contributed by atoms with Gasteiger partial charge in [0.05, 0.1) is 11.3 Å². The van der Waals surface area contributed by atoms with E-state index in [4.69, 9.17) is 10.5 Å². The lowest BCUT2D eigenvalue weighted by Gasteiger charge is -2.32. The van der Waals surface area contributed by atoms with Gasteiger partial charge in [0.25, 0.3) is 0 Å². The second-order valence-electron chi connectivity index (χ2n) is 5.60. The number of anilines is 1. The number of nitrogens with two attached hydrogens (primary N) is 1. The Balaban J connectivity index is 2.21. The highest BCUT2D eigenvalue weighted by Crippen LogP contribution is 2.26. The van der Waals surface area contributed by atoms with Crippen LogP contribution in [0.3, 0.4) is 0 Å². The topological polar surface area (TPSA) is 102 Å². The first kappa shape index (κ1) is 16.2. The molecule has 0 radical (unpaired) electrons. The number of nitrogens with one attached hydrogen (secondary N) is 1. The van der Waals surface area contributed by atoms with Crippen LogP contribution in [0.2, 0.25) is 0 Å². The van der Waals surface area contributed by atoms with E-state index in [1.807, 2.05) is 0 Å². The van der Waals surface area contributed by atoms with Crippen LogP contribution < -0.4 is 10.5 Å².